The van der Waals surface area contributed by atoms with Gasteiger partial charge in [0.15, 0.2) is 11.5 Å². The molecule has 1 fully saturated rings. The lowest BCUT2D eigenvalue weighted by atomic mass is 10.2. The molecule has 26 heavy (non-hydrogen) atoms. The summed E-state index contributed by atoms with van der Waals surface area (Å²) in [5.41, 5.74) is 4.74. The van der Waals surface area contributed by atoms with Crippen molar-refractivity contribution in [2.75, 3.05) is 25.1 Å². The van der Waals surface area contributed by atoms with Crippen molar-refractivity contribution >= 4 is 29.4 Å². The number of aromatic hydroxyl groups is 1. The third-order valence-electron chi connectivity index (χ3n) is 4.25. The van der Waals surface area contributed by atoms with Crippen molar-refractivity contribution in [1.29, 1.82) is 0 Å². The molecule has 1 amide bonds. The molecular weight excluding hydrogens is 354 g/mol. The van der Waals surface area contributed by atoms with E-state index in [4.69, 9.17) is 16.3 Å². The maximum Gasteiger partial charge on any atom is 0.271 e. The number of nitrogens with zero attached hydrogens (tertiary/aromatic N) is 2. The van der Waals surface area contributed by atoms with Crippen molar-refractivity contribution in [2.45, 2.75) is 12.8 Å². The number of hydrazone groups is 1. The first kappa shape index (κ1) is 18.1. The molecule has 0 radical (unpaired) electrons. The van der Waals surface area contributed by atoms with Gasteiger partial charge in [0.2, 0.25) is 0 Å². The van der Waals surface area contributed by atoms with Crippen LogP contribution in [0.1, 0.15) is 28.8 Å². The number of ether oxygens (including phenoxy) is 1. The quantitative estimate of drug-likeness (QED) is 0.622. The molecule has 0 bridgehead atoms. The number of amides is 1. The first-order chi connectivity index (χ1) is 12.6. The van der Waals surface area contributed by atoms with Gasteiger partial charge >= 0.3 is 0 Å². The third kappa shape index (κ3) is 4.08. The standard InChI is InChI=1S/C19H20ClN3O3/c1-26-17-11-13(10-16(20)18(17)24)12-21-22-19(25)14-4-6-15(7-5-14)23-8-2-3-9-23/h4-7,10-12,24H,2-3,8-9H2,1H3,(H,22,25)/b21-12-. The smallest absolute Gasteiger partial charge is 0.271 e. The number of anilines is 1. The van der Waals surface area contributed by atoms with Crippen LogP contribution in [0.15, 0.2) is 41.5 Å². The zero-order valence-corrected chi connectivity index (χ0v) is 15.2. The summed E-state index contributed by atoms with van der Waals surface area (Å²) in [7, 11) is 1.43. The number of hydrogen-bond acceptors (Lipinski definition) is 5. The largest absolute Gasteiger partial charge is 0.503 e. The van der Waals surface area contributed by atoms with Gasteiger partial charge in [0.05, 0.1) is 18.3 Å². The summed E-state index contributed by atoms with van der Waals surface area (Å²) >= 11 is 5.92. The van der Waals surface area contributed by atoms with Crippen LogP contribution < -0.4 is 15.1 Å². The van der Waals surface area contributed by atoms with Crippen LogP contribution in [-0.4, -0.2) is 37.4 Å². The topological polar surface area (TPSA) is 74.2 Å². The predicted octanol–water partition coefficient (Wildman–Crippen LogP) is 3.42. The number of nitrogens with one attached hydrogen (secondary N) is 1. The molecule has 6 nitrogen and oxygen atoms in total. The molecule has 2 N–H and O–H groups in total. The van der Waals surface area contributed by atoms with E-state index in [1.54, 1.807) is 18.2 Å². The average molecular weight is 374 g/mol. The highest BCUT2D eigenvalue weighted by Crippen LogP contribution is 2.34. The molecule has 1 saturated heterocycles. The predicted molar refractivity (Wildman–Crippen MR) is 103 cm³/mol. The Labute approximate surface area is 157 Å². The molecule has 2 aromatic rings. The van der Waals surface area contributed by atoms with Gasteiger partial charge in [0, 0.05) is 24.3 Å². The van der Waals surface area contributed by atoms with Gasteiger partial charge in [-0.05, 0) is 54.8 Å². The summed E-state index contributed by atoms with van der Waals surface area (Å²) in [6, 6.07) is 10.6. The summed E-state index contributed by atoms with van der Waals surface area (Å²) in [5, 5.41) is 13.8. The van der Waals surface area contributed by atoms with Gasteiger partial charge in [-0.2, -0.15) is 5.10 Å². The number of phenolic OH excluding ortho intramolecular Hbond substituents is 1. The van der Waals surface area contributed by atoms with Crippen molar-refractivity contribution in [3.05, 3.63) is 52.5 Å². The normalized spacial score (nSPS) is 14.0. The fourth-order valence-corrected chi connectivity index (χ4v) is 3.07. The second kappa shape index (κ2) is 8.10. The number of methoxy groups -OCH3 is 1. The highest BCUT2D eigenvalue weighted by atomic mass is 35.5. The van der Waals surface area contributed by atoms with Crippen LogP contribution in [-0.2, 0) is 0 Å². The number of benzene rings is 2. The molecule has 3 rings (SSSR count). The van der Waals surface area contributed by atoms with Crippen LogP contribution in [0.2, 0.25) is 5.02 Å². The summed E-state index contributed by atoms with van der Waals surface area (Å²) in [6.45, 7) is 2.13. The summed E-state index contributed by atoms with van der Waals surface area (Å²) in [5.74, 6) is -0.192. The fourth-order valence-electron chi connectivity index (χ4n) is 2.85. The van der Waals surface area contributed by atoms with Gasteiger partial charge in [-0.1, -0.05) is 11.6 Å². The van der Waals surface area contributed by atoms with Crippen LogP contribution in [0.5, 0.6) is 11.5 Å². The Morgan fingerprint density at radius 2 is 1.96 bits per heavy atom. The summed E-state index contributed by atoms with van der Waals surface area (Å²) in [4.78, 5) is 14.5. The fraction of sp³-hybridized carbons (Fsp3) is 0.263. The Balaban J connectivity index is 1.63. The van der Waals surface area contributed by atoms with E-state index in [2.05, 4.69) is 15.4 Å². The second-order valence-corrected chi connectivity index (χ2v) is 6.40. The van der Waals surface area contributed by atoms with Crippen molar-refractivity contribution in [1.82, 2.24) is 5.43 Å². The molecule has 0 aromatic heterocycles. The molecule has 0 saturated carbocycles. The highest BCUT2D eigenvalue weighted by Gasteiger charge is 2.13. The lowest BCUT2D eigenvalue weighted by Gasteiger charge is -2.17. The molecule has 1 aliphatic rings. The molecule has 136 valence electrons. The van der Waals surface area contributed by atoms with Crippen molar-refractivity contribution < 1.29 is 14.6 Å². The van der Waals surface area contributed by atoms with Gasteiger partial charge in [0.25, 0.3) is 5.91 Å². The van der Waals surface area contributed by atoms with Crippen LogP contribution in [0.25, 0.3) is 0 Å². The number of rotatable bonds is 5. The lowest BCUT2D eigenvalue weighted by molar-refractivity contribution is 0.0955. The van der Waals surface area contributed by atoms with E-state index in [1.165, 1.54) is 32.2 Å². The van der Waals surface area contributed by atoms with Gasteiger partial charge < -0.3 is 14.7 Å². The first-order valence-electron chi connectivity index (χ1n) is 8.33. The van der Waals surface area contributed by atoms with E-state index < -0.39 is 0 Å². The first-order valence-corrected chi connectivity index (χ1v) is 8.71. The van der Waals surface area contributed by atoms with Gasteiger partial charge in [-0.15, -0.1) is 0 Å². The number of carbonyl (C=O) groups is 1. The molecule has 1 aliphatic heterocycles. The third-order valence-corrected chi connectivity index (χ3v) is 4.54. The monoisotopic (exact) mass is 373 g/mol. The van der Waals surface area contributed by atoms with Crippen LogP contribution in [0, 0.1) is 0 Å². The Hall–Kier alpha value is -2.73. The van der Waals surface area contributed by atoms with Crippen molar-refractivity contribution in [2.24, 2.45) is 5.10 Å². The zero-order chi connectivity index (χ0) is 18.5. The summed E-state index contributed by atoms with van der Waals surface area (Å²) in [6.07, 6.45) is 3.86. The van der Waals surface area contributed by atoms with Crippen molar-refractivity contribution in [3.8, 4) is 11.5 Å². The molecule has 1 heterocycles. The van der Waals surface area contributed by atoms with Crippen LogP contribution in [0.4, 0.5) is 5.69 Å². The van der Waals surface area contributed by atoms with E-state index >= 15 is 0 Å². The van der Waals surface area contributed by atoms with Gasteiger partial charge in [-0.25, -0.2) is 5.43 Å². The maximum absolute atomic E-state index is 12.2. The molecule has 0 aliphatic carbocycles. The Morgan fingerprint density at radius 1 is 1.27 bits per heavy atom. The number of halogens is 1. The van der Waals surface area contributed by atoms with Gasteiger partial charge in [-0.3, -0.25) is 4.79 Å². The number of phenols is 1. The van der Waals surface area contributed by atoms with E-state index in [0.29, 0.717) is 11.1 Å². The Kier molecular flexibility index (Phi) is 5.63. The zero-order valence-electron chi connectivity index (χ0n) is 14.4. The van der Waals surface area contributed by atoms with Crippen LogP contribution in [0.3, 0.4) is 0 Å². The minimum absolute atomic E-state index is 0.131. The summed E-state index contributed by atoms with van der Waals surface area (Å²) < 4.78 is 5.03. The molecule has 0 atom stereocenters. The second-order valence-electron chi connectivity index (χ2n) is 5.99. The molecular formula is C19H20ClN3O3. The Bertz CT molecular complexity index is 816. The minimum Gasteiger partial charge on any atom is -0.503 e. The van der Waals surface area contributed by atoms with Gasteiger partial charge in [0.1, 0.15) is 0 Å². The molecule has 7 heteroatoms. The van der Waals surface area contributed by atoms with E-state index in [9.17, 15) is 9.90 Å². The highest BCUT2D eigenvalue weighted by molar-refractivity contribution is 6.32. The van der Waals surface area contributed by atoms with E-state index in [0.717, 1.165) is 18.8 Å². The van der Waals surface area contributed by atoms with Crippen molar-refractivity contribution in [3.63, 3.8) is 0 Å². The lowest BCUT2D eigenvalue weighted by Crippen LogP contribution is -2.19. The van der Waals surface area contributed by atoms with E-state index in [-0.39, 0.29) is 22.4 Å². The van der Waals surface area contributed by atoms with E-state index in [1.807, 2.05) is 12.1 Å². The minimum atomic E-state index is -0.300. The molecule has 0 spiro atoms. The molecule has 2 aromatic carbocycles. The molecule has 0 unspecified atom stereocenters. The number of carbonyl (C=O) groups excluding carboxylic acids is 1. The maximum atomic E-state index is 12.2. The Morgan fingerprint density at radius 3 is 2.62 bits per heavy atom. The SMILES string of the molecule is COc1cc(/C=N\NC(=O)c2ccc(N3CCCC3)cc2)cc(Cl)c1O. The number of hydrogen-bond donors (Lipinski definition) is 2. The average Bonchev–Trinajstić information content (AvgIpc) is 3.19. The van der Waals surface area contributed by atoms with Crippen LogP contribution >= 0.6 is 11.6 Å².